The van der Waals surface area contributed by atoms with Crippen LogP contribution in [0.5, 0.6) is 11.5 Å². The molecule has 3 aromatic carbocycles. The van der Waals surface area contributed by atoms with Gasteiger partial charge >= 0.3 is 0 Å². The molecule has 1 amide bonds. The Balaban J connectivity index is 1.27. The maximum atomic E-state index is 13.4. The summed E-state index contributed by atoms with van der Waals surface area (Å²) in [5.74, 6) is 1.95. The lowest BCUT2D eigenvalue weighted by molar-refractivity contribution is -0.132. The Morgan fingerprint density at radius 2 is 1.69 bits per heavy atom. The highest BCUT2D eigenvalue weighted by atomic mass is 16.5. The molecule has 1 fully saturated rings. The van der Waals surface area contributed by atoms with E-state index >= 15 is 0 Å². The van der Waals surface area contributed by atoms with Crippen LogP contribution in [0.15, 0.2) is 66.7 Å². The van der Waals surface area contributed by atoms with Gasteiger partial charge in [0.05, 0.1) is 25.3 Å². The van der Waals surface area contributed by atoms with Crippen molar-refractivity contribution in [3.63, 3.8) is 0 Å². The number of fused-ring (bicyclic) bond motifs is 1. The van der Waals surface area contributed by atoms with Crippen molar-refractivity contribution in [3.8, 4) is 11.5 Å². The third-order valence-corrected chi connectivity index (χ3v) is 7.23. The van der Waals surface area contributed by atoms with Crippen LogP contribution < -0.4 is 19.3 Å². The van der Waals surface area contributed by atoms with Crippen molar-refractivity contribution in [2.75, 3.05) is 49.7 Å². The number of carbonyl (C=O) groups excluding carboxylic acids is 1. The molecule has 0 aliphatic carbocycles. The number of anilines is 2. The first-order valence-electron chi connectivity index (χ1n) is 12.7. The fourth-order valence-corrected chi connectivity index (χ4v) is 5.07. The van der Waals surface area contributed by atoms with Crippen LogP contribution in [0.3, 0.4) is 0 Å². The number of nitrogens with zero attached hydrogens (tertiary/aromatic N) is 3. The highest BCUT2D eigenvalue weighted by Gasteiger charge is 2.32. The Bertz CT molecular complexity index is 1200. The second-order valence-electron chi connectivity index (χ2n) is 9.82. The molecule has 188 valence electrons. The quantitative estimate of drug-likeness (QED) is 0.501. The number of methoxy groups -OCH3 is 1. The van der Waals surface area contributed by atoms with Gasteiger partial charge < -0.3 is 24.2 Å². The van der Waals surface area contributed by atoms with Crippen LogP contribution >= 0.6 is 0 Å². The fourth-order valence-electron chi connectivity index (χ4n) is 5.07. The van der Waals surface area contributed by atoms with Gasteiger partial charge in [0, 0.05) is 44.5 Å². The van der Waals surface area contributed by atoms with Crippen molar-refractivity contribution < 1.29 is 14.3 Å². The van der Waals surface area contributed by atoms with Crippen molar-refractivity contribution in [1.82, 2.24) is 4.90 Å². The molecule has 5 rings (SSSR count). The molecule has 2 aliphatic rings. The van der Waals surface area contributed by atoms with Crippen LogP contribution in [0, 0.1) is 13.8 Å². The van der Waals surface area contributed by atoms with Gasteiger partial charge in [-0.2, -0.15) is 0 Å². The van der Waals surface area contributed by atoms with Gasteiger partial charge in [-0.25, -0.2) is 0 Å². The Hall–Kier alpha value is -3.67. The number of hydrogen-bond donors (Lipinski definition) is 0. The van der Waals surface area contributed by atoms with Gasteiger partial charge in [-0.05, 0) is 49.2 Å². The summed E-state index contributed by atoms with van der Waals surface area (Å²) < 4.78 is 11.5. The molecule has 2 heterocycles. The summed E-state index contributed by atoms with van der Waals surface area (Å²) in [7, 11) is 1.69. The number of aryl methyl sites for hydroxylation is 2. The Kier molecular flexibility index (Phi) is 7.03. The number of benzene rings is 3. The Morgan fingerprint density at radius 1 is 0.944 bits per heavy atom. The summed E-state index contributed by atoms with van der Waals surface area (Å²) >= 11 is 0. The monoisotopic (exact) mass is 485 g/mol. The molecule has 0 radical (unpaired) electrons. The summed E-state index contributed by atoms with van der Waals surface area (Å²) in [4.78, 5) is 20.1. The van der Waals surface area contributed by atoms with E-state index in [1.165, 1.54) is 16.7 Å². The highest BCUT2D eigenvalue weighted by molar-refractivity contribution is 5.78. The van der Waals surface area contributed by atoms with Gasteiger partial charge in [0.25, 0.3) is 0 Å². The molecule has 0 spiro atoms. The van der Waals surface area contributed by atoms with E-state index in [4.69, 9.17) is 9.47 Å². The summed E-state index contributed by atoms with van der Waals surface area (Å²) in [5, 5.41) is 0. The van der Waals surface area contributed by atoms with Crippen LogP contribution in [-0.2, 0) is 11.3 Å². The first kappa shape index (κ1) is 24.0. The molecule has 36 heavy (non-hydrogen) atoms. The number of piperazine rings is 1. The minimum absolute atomic E-state index is 0.00887. The number of carbonyl (C=O) groups is 1. The predicted octanol–water partition coefficient (Wildman–Crippen LogP) is 4.82. The summed E-state index contributed by atoms with van der Waals surface area (Å²) in [6.07, 6.45) is 0.443. The summed E-state index contributed by atoms with van der Waals surface area (Å²) in [5.41, 5.74) is 5.86. The van der Waals surface area contributed by atoms with Crippen molar-refractivity contribution >= 4 is 17.3 Å². The average molecular weight is 486 g/mol. The molecule has 6 nitrogen and oxygen atoms in total. The number of rotatable bonds is 6. The molecule has 0 aromatic heterocycles. The first-order chi connectivity index (χ1) is 17.5. The molecule has 0 bridgehead atoms. The van der Waals surface area contributed by atoms with Crippen LogP contribution in [0.2, 0.25) is 0 Å². The predicted molar refractivity (Wildman–Crippen MR) is 144 cm³/mol. The molecular formula is C30H35N3O3. The van der Waals surface area contributed by atoms with E-state index in [-0.39, 0.29) is 11.9 Å². The molecule has 6 heteroatoms. The zero-order valence-corrected chi connectivity index (χ0v) is 21.4. The van der Waals surface area contributed by atoms with Crippen molar-refractivity contribution in [2.24, 2.45) is 0 Å². The van der Waals surface area contributed by atoms with E-state index in [2.05, 4.69) is 78.2 Å². The normalized spacial score (nSPS) is 17.4. The van der Waals surface area contributed by atoms with Gasteiger partial charge in [-0.15, -0.1) is 0 Å². The van der Waals surface area contributed by atoms with E-state index in [1.54, 1.807) is 7.11 Å². The zero-order chi connectivity index (χ0) is 25.1. The molecule has 2 aliphatic heterocycles. The molecule has 0 N–H and O–H groups in total. The van der Waals surface area contributed by atoms with Gasteiger partial charge in [0.2, 0.25) is 5.91 Å². The third kappa shape index (κ3) is 5.27. The molecule has 3 aromatic rings. The standard InChI is InChI=1S/C30H35N3O3/c1-22-7-10-24(11-8-22)20-33-26(21-36-29-17-23(2)9-12-28(29)33)19-30(34)32-15-13-31(14-16-32)25-5-4-6-27(18-25)35-3/h4-12,17-18,26H,13-16,19-21H2,1-3H3/t26-/m0/s1. The smallest absolute Gasteiger partial charge is 0.224 e. The van der Waals surface area contributed by atoms with E-state index in [1.807, 2.05) is 17.0 Å². The minimum atomic E-state index is -0.00887. The summed E-state index contributed by atoms with van der Waals surface area (Å²) in [6.45, 7) is 8.51. The van der Waals surface area contributed by atoms with Crippen LogP contribution in [0.25, 0.3) is 0 Å². The SMILES string of the molecule is COc1cccc(N2CCN(C(=O)C[C@H]3COc4cc(C)ccc4N3Cc3ccc(C)cc3)CC2)c1. The lowest BCUT2D eigenvalue weighted by atomic mass is 10.0. The fraction of sp³-hybridized carbons (Fsp3) is 0.367. The average Bonchev–Trinajstić information content (AvgIpc) is 2.91. The Labute approximate surface area is 214 Å². The van der Waals surface area contributed by atoms with E-state index in [0.717, 1.165) is 55.6 Å². The van der Waals surface area contributed by atoms with Crippen LogP contribution in [0.1, 0.15) is 23.1 Å². The summed E-state index contributed by atoms with van der Waals surface area (Å²) in [6, 6.07) is 23.1. The third-order valence-electron chi connectivity index (χ3n) is 7.23. The maximum Gasteiger partial charge on any atom is 0.224 e. The molecule has 0 saturated carbocycles. The topological polar surface area (TPSA) is 45.3 Å². The molecule has 1 atom stereocenters. The van der Waals surface area contributed by atoms with Crippen LogP contribution in [0.4, 0.5) is 11.4 Å². The van der Waals surface area contributed by atoms with E-state index in [9.17, 15) is 4.79 Å². The molecule has 1 saturated heterocycles. The van der Waals surface area contributed by atoms with E-state index in [0.29, 0.717) is 13.0 Å². The van der Waals surface area contributed by atoms with Crippen molar-refractivity contribution in [3.05, 3.63) is 83.4 Å². The zero-order valence-electron chi connectivity index (χ0n) is 21.4. The van der Waals surface area contributed by atoms with Crippen LogP contribution in [-0.4, -0.2) is 56.7 Å². The molecule has 0 unspecified atom stereocenters. The second-order valence-corrected chi connectivity index (χ2v) is 9.82. The van der Waals surface area contributed by atoms with Crippen molar-refractivity contribution in [1.29, 1.82) is 0 Å². The van der Waals surface area contributed by atoms with Gasteiger partial charge in [0.1, 0.15) is 18.1 Å². The highest BCUT2D eigenvalue weighted by Crippen LogP contribution is 2.37. The lowest BCUT2D eigenvalue weighted by Crippen LogP contribution is -2.51. The number of amides is 1. The second kappa shape index (κ2) is 10.5. The lowest BCUT2D eigenvalue weighted by Gasteiger charge is -2.41. The van der Waals surface area contributed by atoms with Gasteiger partial charge in [-0.1, -0.05) is 42.0 Å². The van der Waals surface area contributed by atoms with E-state index < -0.39 is 0 Å². The number of ether oxygens (including phenoxy) is 2. The van der Waals surface area contributed by atoms with Gasteiger partial charge in [0.15, 0.2) is 0 Å². The number of hydrogen-bond acceptors (Lipinski definition) is 5. The van der Waals surface area contributed by atoms with Crippen molar-refractivity contribution in [2.45, 2.75) is 32.9 Å². The maximum absolute atomic E-state index is 13.4. The largest absolute Gasteiger partial charge is 0.497 e. The van der Waals surface area contributed by atoms with Gasteiger partial charge in [-0.3, -0.25) is 4.79 Å². The Morgan fingerprint density at radius 3 is 2.44 bits per heavy atom. The first-order valence-corrected chi connectivity index (χ1v) is 12.7. The minimum Gasteiger partial charge on any atom is -0.497 e. The molecular weight excluding hydrogens is 450 g/mol.